The predicted molar refractivity (Wildman–Crippen MR) is 48.2 cm³/mol. The number of rotatable bonds is 2. The van der Waals surface area contributed by atoms with Crippen molar-refractivity contribution in [3.05, 3.63) is 0 Å². The first-order valence-electron chi connectivity index (χ1n) is 3.65. The van der Waals surface area contributed by atoms with Gasteiger partial charge in [-0.3, -0.25) is 0 Å². The van der Waals surface area contributed by atoms with E-state index < -0.39 is 0 Å². The van der Waals surface area contributed by atoms with Gasteiger partial charge < -0.3 is 4.90 Å². The van der Waals surface area contributed by atoms with Gasteiger partial charge in [0.15, 0.2) is 0 Å². The summed E-state index contributed by atoms with van der Waals surface area (Å²) in [5.74, 6) is 0. The zero-order valence-electron chi connectivity index (χ0n) is 6.35. The van der Waals surface area contributed by atoms with Crippen LogP contribution in [0.5, 0.6) is 0 Å². The molecule has 0 aromatic rings. The number of halogens is 2. The van der Waals surface area contributed by atoms with Gasteiger partial charge in [0.2, 0.25) is 0 Å². The second kappa shape index (κ2) is 5.22. The number of hydrogen-bond acceptors (Lipinski definition) is 1. The minimum atomic E-state index is 0. The van der Waals surface area contributed by atoms with E-state index in [1.807, 2.05) is 0 Å². The molecular weight excluding hydrogens is 169 g/mol. The van der Waals surface area contributed by atoms with Crippen LogP contribution in [-0.4, -0.2) is 29.9 Å². The summed E-state index contributed by atoms with van der Waals surface area (Å²) in [7, 11) is 0. The highest BCUT2D eigenvalue weighted by atomic mass is 35.5. The largest absolute Gasteiger partial charge is 0.302 e. The molecule has 1 nitrogen and oxygen atoms in total. The predicted octanol–water partition coefficient (Wildman–Crippen LogP) is 2.13. The SMILES string of the molecule is CC(Cl)CN1CCCC1.Cl. The Hall–Kier alpha value is 0.540. The van der Waals surface area contributed by atoms with Gasteiger partial charge in [-0.15, -0.1) is 24.0 Å². The van der Waals surface area contributed by atoms with Crippen LogP contribution in [-0.2, 0) is 0 Å². The highest BCUT2D eigenvalue weighted by molar-refractivity contribution is 6.20. The Morgan fingerprint density at radius 1 is 1.40 bits per heavy atom. The summed E-state index contributed by atoms with van der Waals surface area (Å²) in [5, 5.41) is 0.322. The van der Waals surface area contributed by atoms with E-state index in [9.17, 15) is 0 Å². The topological polar surface area (TPSA) is 3.24 Å². The molecule has 0 saturated carbocycles. The fourth-order valence-electron chi connectivity index (χ4n) is 1.32. The lowest BCUT2D eigenvalue weighted by Crippen LogP contribution is -2.25. The van der Waals surface area contributed by atoms with Crippen molar-refractivity contribution in [3.8, 4) is 0 Å². The van der Waals surface area contributed by atoms with Crippen LogP contribution >= 0.6 is 24.0 Å². The van der Waals surface area contributed by atoms with Crippen LogP contribution in [0.2, 0.25) is 0 Å². The third-order valence-corrected chi connectivity index (χ3v) is 1.85. The molecule has 0 bridgehead atoms. The molecule has 1 rings (SSSR count). The maximum absolute atomic E-state index is 5.82. The van der Waals surface area contributed by atoms with Crippen LogP contribution in [0.1, 0.15) is 19.8 Å². The molecule has 1 unspecified atom stereocenters. The van der Waals surface area contributed by atoms with Crippen LogP contribution in [0.25, 0.3) is 0 Å². The van der Waals surface area contributed by atoms with E-state index in [-0.39, 0.29) is 12.4 Å². The standard InChI is InChI=1S/C7H14ClN.ClH/c1-7(8)6-9-4-2-3-5-9;/h7H,2-6H2,1H3;1H. The molecule has 1 heterocycles. The molecule has 0 aromatic carbocycles. The molecule has 62 valence electrons. The Labute approximate surface area is 74.1 Å². The van der Waals surface area contributed by atoms with Gasteiger partial charge in [0.25, 0.3) is 0 Å². The Balaban J connectivity index is 0.000000810. The molecule has 1 aliphatic heterocycles. The zero-order chi connectivity index (χ0) is 6.69. The number of nitrogens with zero attached hydrogens (tertiary/aromatic N) is 1. The van der Waals surface area contributed by atoms with E-state index in [0.717, 1.165) is 6.54 Å². The molecular formula is C7H15Cl2N. The number of likely N-dealkylation sites (tertiary alicyclic amines) is 1. The average Bonchev–Trinajstić information content (AvgIpc) is 2.15. The lowest BCUT2D eigenvalue weighted by molar-refractivity contribution is 0.342. The third-order valence-electron chi connectivity index (χ3n) is 1.71. The lowest BCUT2D eigenvalue weighted by Gasteiger charge is -2.14. The Morgan fingerprint density at radius 2 is 1.90 bits per heavy atom. The quantitative estimate of drug-likeness (QED) is 0.594. The van der Waals surface area contributed by atoms with Crippen LogP contribution < -0.4 is 0 Å². The molecule has 1 fully saturated rings. The molecule has 10 heavy (non-hydrogen) atoms. The molecule has 0 N–H and O–H groups in total. The van der Waals surface area contributed by atoms with Crippen molar-refractivity contribution in [2.75, 3.05) is 19.6 Å². The van der Waals surface area contributed by atoms with Crippen molar-refractivity contribution in [2.24, 2.45) is 0 Å². The summed E-state index contributed by atoms with van der Waals surface area (Å²) >= 11 is 5.82. The average molecular weight is 184 g/mol. The second-order valence-electron chi connectivity index (χ2n) is 2.79. The summed E-state index contributed by atoms with van der Waals surface area (Å²) in [6, 6.07) is 0. The summed E-state index contributed by atoms with van der Waals surface area (Å²) in [5.41, 5.74) is 0. The normalized spacial score (nSPS) is 22.2. The van der Waals surface area contributed by atoms with Crippen molar-refractivity contribution < 1.29 is 0 Å². The van der Waals surface area contributed by atoms with E-state index in [4.69, 9.17) is 11.6 Å². The first-order chi connectivity index (χ1) is 4.29. The summed E-state index contributed by atoms with van der Waals surface area (Å²) in [6.45, 7) is 5.65. The van der Waals surface area contributed by atoms with Gasteiger partial charge in [-0.25, -0.2) is 0 Å². The monoisotopic (exact) mass is 183 g/mol. The van der Waals surface area contributed by atoms with Gasteiger partial charge in [0, 0.05) is 11.9 Å². The number of hydrogen-bond donors (Lipinski definition) is 0. The molecule has 0 aromatic heterocycles. The first kappa shape index (κ1) is 10.5. The van der Waals surface area contributed by atoms with E-state index in [1.54, 1.807) is 0 Å². The highest BCUT2D eigenvalue weighted by Crippen LogP contribution is 2.09. The lowest BCUT2D eigenvalue weighted by atomic mass is 10.4. The summed E-state index contributed by atoms with van der Waals surface area (Å²) < 4.78 is 0. The Bertz CT molecular complexity index is 79.7. The number of alkyl halides is 1. The summed E-state index contributed by atoms with van der Waals surface area (Å²) in [6.07, 6.45) is 2.73. The minimum absolute atomic E-state index is 0. The van der Waals surface area contributed by atoms with Crippen LogP contribution in [0.4, 0.5) is 0 Å². The Morgan fingerprint density at radius 3 is 2.30 bits per heavy atom. The maximum Gasteiger partial charge on any atom is 0.0435 e. The smallest absolute Gasteiger partial charge is 0.0435 e. The zero-order valence-corrected chi connectivity index (χ0v) is 7.92. The molecule has 0 amide bonds. The minimum Gasteiger partial charge on any atom is -0.302 e. The molecule has 1 aliphatic rings. The van der Waals surface area contributed by atoms with Gasteiger partial charge in [-0.1, -0.05) is 0 Å². The van der Waals surface area contributed by atoms with Gasteiger partial charge in [-0.2, -0.15) is 0 Å². The Kier molecular flexibility index (Phi) is 5.51. The maximum atomic E-state index is 5.82. The van der Waals surface area contributed by atoms with Crippen molar-refractivity contribution in [3.63, 3.8) is 0 Å². The van der Waals surface area contributed by atoms with Gasteiger partial charge in [-0.05, 0) is 32.9 Å². The third kappa shape index (κ3) is 3.65. The van der Waals surface area contributed by atoms with Crippen molar-refractivity contribution in [1.29, 1.82) is 0 Å². The van der Waals surface area contributed by atoms with Gasteiger partial charge in [0.1, 0.15) is 0 Å². The van der Waals surface area contributed by atoms with E-state index in [1.165, 1.54) is 25.9 Å². The second-order valence-corrected chi connectivity index (χ2v) is 3.53. The molecule has 0 spiro atoms. The summed E-state index contributed by atoms with van der Waals surface area (Å²) in [4.78, 5) is 2.43. The first-order valence-corrected chi connectivity index (χ1v) is 4.09. The fraction of sp³-hybridized carbons (Fsp3) is 1.00. The van der Waals surface area contributed by atoms with Crippen molar-refractivity contribution >= 4 is 24.0 Å². The molecule has 0 radical (unpaired) electrons. The highest BCUT2D eigenvalue weighted by Gasteiger charge is 2.12. The van der Waals surface area contributed by atoms with Crippen molar-refractivity contribution in [1.82, 2.24) is 4.90 Å². The fourth-order valence-corrected chi connectivity index (χ4v) is 1.52. The molecule has 3 heteroatoms. The van der Waals surface area contributed by atoms with E-state index >= 15 is 0 Å². The molecule has 1 atom stereocenters. The van der Waals surface area contributed by atoms with Gasteiger partial charge in [0.05, 0.1) is 0 Å². The molecule has 0 aliphatic carbocycles. The van der Waals surface area contributed by atoms with Gasteiger partial charge >= 0.3 is 0 Å². The van der Waals surface area contributed by atoms with Crippen molar-refractivity contribution in [2.45, 2.75) is 25.1 Å². The van der Waals surface area contributed by atoms with Crippen LogP contribution in [0.3, 0.4) is 0 Å². The van der Waals surface area contributed by atoms with E-state index in [0.29, 0.717) is 5.38 Å². The van der Waals surface area contributed by atoms with E-state index in [2.05, 4.69) is 11.8 Å². The van der Waals surface area contributed by atoms with Crippen LogP contribution in [0, 0.1) is 0 Å². The molecule has 1 saturated heterocycles. The van der Waals surface area contributed by atoms with Crippen LogP contribution in [0.15, 0.2) is 0 Å².